The van der Waals surface area contributed by atoms with Crippen LogP contribution in [-0.4, -0.2) is 34.6 Å². The summed E-state index contributed by atoms with van der Waals surface area (Å²) in [5.41, 5.74) is 5.44. The topological polar surface area (TPSA) is 105 Å². The lowest BCUT2D eigenvalue weighted by molar-refractivity contribution is 0.0129. The normalized spacial score (nSPS) is 14.3. The van der Waals surface area contributed by atoms with E-state index in [4.69, 9.17) is 33.7 Å². The molecular formula is C14H20Cl2N2O4. The molecule has 5 N–H and O–H groups in total. The van der Waals surface area contributed by atoms with Crippen molar-refractivity contribution < 1.29 is 19.7 Å². The summed E-state index contributed by atoms with van der Waals surface area (Å²) in [4.78, 5) is 11.5. The van der Waals surface area contributed by atoms with Gasteiger partial charge in [-0.3, -0.25) is 0 Å². The number of anilines is 1. The largest absolute Gasteiger partial charge is 0.444 e. The van der Waals surface area contributed by atoms with Crippen molar-refractivity contribution >= 4 is 35.0 Å². The van der Waals surface area contributed by atoms with Gasteiger partial charge < -0.3 is 26.0 Å². The average molecular weight is 351 g/mol. The number of hydrogen-bond donors (Lipinski definition) is 4. The van der Waals surface area contributed by atoms with Crippen LogP contribution in [0.1, 0.15) is 32.4 Å². The van der Waals surface area contributed by atoms with Gasteiger partial charge in [-0.1, -0.05) is 23.2 Å². The number of carbonyl (C=O) groups excluding carboxylic acids is 1. The highest BCUT2D eigenvalue weighted by atomic mass is 35.5. The SMILES string of the molecule is CC(C)(C)OC(=O)NCC(O)C(O)c1cc(Cl)c(N)c(Cl)c1. The summed E-state index contributed by atoms with van der Waals surface area (Å²) >= 11 is 11.8. The Hall–Kier alpha value is -1.21. The van der Waals surface area contributed by atoms with Gasteiger partial charge in [0.15, 0.2) is 0 Å². The van der Waals surface area contributed by atoms with Crippen molar-refractivity contribution in [3.05, 3.63) is 27.7 Å². The van der Waals surface area contributed by atoms with Crippen LogP contribution in [0.2, 0.25) is 10.0 Å². The minimum absolute atomic E-state index is 0.175. The number of alkyl carbamates (subject to hydrolysis) is 1. The number of benzene rings is 1. The smallest absolute Gasteiger partial charge is 0.407 e. The molecule has 2 unspecified atom stereocenters. The van der Waals surface area contributed by atoms with Crippen LogP contribution in [0.4, 0.5) is 10.5 Å². The number of aliphatic hydroxyl groups excluding tert-OH is 2. The molecule has 0 bridgehead atoms. The van der Waals surface area contributed by atoms with E-state index in [9.17, 15) is 15.0 Å². The van der Waals surface area contributed by atoms with Gasteiger partial charge >= 0.3 is 6.09 Å². The first kappa shape index (κ1) is 18.8. The van der Waals surface area contributed by atoms with Crippen molar-refractivity contribution in [2.75, 3.05) is 12.3 Å². The van der Waals surface area contributed by atoms with E-state index in [2.05, 4.69) is 5.32 Å². The van der Waals surface area contributed by atoms with Crippen molar-refractivity contribution in [2.24, 2.45) is 0 Å². The Balaban J connectivity index is 2.66. The van der Waals surface area contributed by atoms with Crippen LogP contribution in [0.5, 0.6) is 0 Å². The lowest BCUT2D eigenvalue weighted by Crippen LogP contribution is -2.38. The zero-order valence-corrected chi connectivity index (χ0v) is 14.1. The summed E-state index contributed by atoms with van der Waals surface area (Å²) in [5.74, 6) is 0. The van der Waals surface area contributed by atoms with Crippen LogP contribution in [0.15, 0.2) is 12.1 Å². The molecule has 1 amide bonds. The number of nitrogen functional groups attached to an aromatic ring is 1. The number of aliphatic hydroxyl groups is 2. The number of nitrogens with one attached hydrogen (secondary N) is 1. The highest BCUT2D eigenvalue weighted by Gasteiger charge is 2.22. The van der Waals surface area contributed by atoms with Gasteiger partial charge in [0.25, 0.3) is 0 Å². The van der Waals surface area contributed by atoms with Gasteiger partial charge in [-0.05, 0) is 38.5 Å². The monoisotopic (exact) mass is 350 g/mol. The van der Waals surface area contributed by atoms with Crippen LogP contribution in [-0.2, 0) is 4.74 Å². The third-order valence-corrected chi connectivity index (χ3v) is 3.29. The summed E-state index contributed by atoms with van der Waals surface area (Å²) in [5, 5.41) is 22.7. The van der Waals surface area contributed by atoms with Crippen molar-refractivity contribution in [1.29, 1.82) is 0 Å². The van der Waals surface area contributed by atoms with Crippen LogP contribution in [0.3, 0.4) is 0 Å². The molecule has 124 valence electrons. The van der Waals surface area contributed by atoms with E-state index in [1.807, 2.05) is 0 Å². The fourth-order valence-electron chi connectivity index (χ4n) is 1.61. The second-order valence-electron chi connectivity index (χ2n) is 5.79. The summed E-state index contributed by atoms with van der Waals surface area (Å²) in [7, 11) is 0. The minimum Gasteiger partial charge on any atom is -0.444 e. The first-order valence-electron chi connectivity index (χ1n) is 6.58. The molecule has 1 rings (SSSR count). The molecule has 0 radical (unpaired) electrons. The lowest BCUT2D eigenvalue weighted by Gasteiger charge is -2.22. The molecule has 2 atom stereocenters. The van der Waals surface area contributed by atoms with Gasteiger partial charge in [-0.15, -0.1) is 0 Å². The Morgan fingerprint density at radius 2 is 1.82 bits per heavy atom. The molecule has 0 aliphatic heterocycles. The van der Waals surface area contributed by atoms with Crippen molar-refractivity contribution in [1.82, 2.24) is 5.32 Å². The summed E-state index contributed by atoms with van der Waals surface area (Å²) in [6, 6.07) is 2.81. The van der Waals surface area contributed by atoms with E-state index in [1.54, 1.807) is 20.8 Å². The molecule has 1 aromatic carbocycles. The zero-order valence-electron chi connectivity index (χ0n) is 12.6. The van der Waals surface area contributed by atoms with Crippen molar-refractivity contribution in [2.45, 2.75) is 38.6 Å². The Morgan fingerprint density at radius 1 is 1.32 bits per heavy atom. The first-order chi connectivity index (χ1) is 10.0. The molecule has 0 saturated carbocycles. The Kier molecular flexibility index (Phi) is 6.31. The van der Waals surface area contributed by atoms with Gasteiger partial charge in [0, 0.05) is 6.54 Å². The van der Waals surface area contributed by atoms with Crippen LogP contribution < -0.4 is 11.1 Å². The van der Waals surface area contributed by atoms with E-state index in [0.717, 1.165) is 0 Å². The quantitative estimate of drug-likeness (QED) is 0.624. The molecule has 0 spiro atoms. The number of amides is 1. The Labute approximate surface area is 139 Å². The Bertz CT molecular complexity index is 523. The van der Waals surface area contributed by atoms with Gasteiger partial charge in [-0.2, -0.15) is 0 Å². The van der Waals surface area contributed by atoms with Crippen molar-refractivity contribution in [3.8, 4) is 0 Å². The minimum atomic E-state index is -1.29. The van der Waals surface area contributed by atoms with Crippen LogP contribution in [0, 0.1) is 0 Å². The standard InChI is InChI=1S/C14H20Cl2N2O4/c1-14(2,3)22-13(21)18-6-10(19)12(20)7-4-8(15)11(17)9(16)5-7/h4-5,10,12,19-20H,6,17H2,1-3H3,(H,18,21). The second-order valence-corrected chi connectivity index (χ2v) is 6.61. The van der Waals surface area contributed by atoms with Gasteiger partial charge in [-0.25, -0.2) is 4.79 Å². The summed E-state index contributed by atoms with van der Waals surface area (Å²) in [6.07, 6.45) is -3.24. The number of ether oxygens (including phenoxy) is 1. The number of rotatable bonds is 4. The number of carbonyl (C=O) groups is 1. The maximum atomic E-state index is 11.5. The molecular weight excluding hydrogens is 331 g/mol. The van der Waals surface area contributed by atoms with Gasteiger partial charge in [0.05, 0.1) is 15.7 Å². The third kappa shape index (κ3) is 5.53. The summed E-state index contributed by atoms with van der Waals surface area (Å²) in [6.45, 7) is 4.96. The lowest BCUT2D eigenvalue weighted by atomic mass is 10.0. The molecule has 0 aliphatic carbocycles. The fraction of sp³-hybridized carbons (Fsp3) is 0.500. The Morgan fingerprint density at radius 3 is 2.27 bits per heavy atom. The van der Waals surface area contributed by atoms with E-state index >= 15 is 0 Å². The van der Waals surface area contributed by atoms with Gasteiger partial charge in [0.2, 0.25) is 0 Å². The maximum Gasteiger partial charge on any atom is 0.407 e. The predicted molar refractivity (Wildman–Crippen MR) is 86.1 cm³/mol. The number of halogens is 2. The predicted octanol–water partition coefficient (Wildman–Crippen LogP) is 2.49. The highest BCUT2D eigenvalue weighted by molar-refractivity contribution is 6.38. The molecule has 0 saturated heterocycles. The van der Waals surface area contributed by atoms with Crippen molar-refractivity contribution in [3.63, 3.8) is 0 Å². The number of nitrogens with two attached hydrogens (primary N) is 1. The van der Waals surface area contributed by atoms with E-state index in [-0.39, 0.29) is 22.3 Å². The molecule has 22 heavy (non-hydrogen) atoms. The molecule has 8 heteroatoms. The highest BCUT2D eigenvalue weighted by Crippen LogP contribution is 2.32. The summed E-state index contributed by atoms with van der Waals surface area (Å²) < 4.78 is 5.03. The van der Waals surface area contributed by atoms with E-state index < -0.39 is 23.9 Å². The molecule has 0 aromatic heterocycles. The second kappa shape index (κ2) is 7.37. The zero-order chi connectivity index (χ0) is 17.1. The molecule has 0 fully saturated rings. The average Bonchev–Trinajstić information content (AvgIpc) is 2.38. The van der Waals surface area contributed by atoms with Gasteiger partial charge in [0.1, 0.15) is 17.8 Å². The molecule has 0 aliphatic rings. The molecule has 0 heterocycles. The van der Waals surface area contributed by atoms with Crippen LogP contribution in [0.25, 0.3) is 0 Å². The third-order valence-electron chi connectivity index (χ3n) is 2.66. The van der Waals surface area contributed by atoms with E-state index in [0.29, 0.717) is 5.56 Å². The fourth-order valence-corrected chi connectivity index (χ4v) is 2.11. The first-order valence-corrected chi connectivity index (χ1v) is 7.34. The maximum absolute atomic E-state index is 11.5. The molecule has 1 aromatic rings. The number of hydrogen-bond acceptors (Lipinski definition) is 5. The van der Waals surface area contributed by atoms with Crippen LogP contribution >= 0.6 is 23.2 Å². The van der Waals surface area contributed by atoms with E-state index in [1.165, 1.54) is 12.1 Å². The molecule has 6 nitrogen and oxygen atoms in total.